The van der Waals surface area contributed by atoms with Crippen LogP contribution in [0.3, 0.4) is 0 Å². The van der Waals surface area contributed by atoms with E-state index in [1.165, 1.54) is 36.2 Å². The van der Waals surface area contributed by atoms with E-state index in [9.17, 15) is 19.7 Å². The second-order valence-electron chi connectivity index (χ2n) is 5.37. The van der Waals surface area contributed by atoms with Crippen LogP contribution >= 0.6 is 11.6 Å². The molecule has 136 valence electrons. The third-order valence-electron chi connectivity index (χ3n) is 3.24. The first kappa shape index (κ1) is 19.1. The maximum absolute atomic E-state index is 12.1. The number of carbonyl (C=O) groups is 2. The van der Waals surface area contributed by atoms with Gasteiger partial charge < -0.3 is 14.7 Å². The number of nitro groups is 1. The highest BCUT2D eigenvalue weighted by Gasteiger charge is 2.14. The zero-order valence-electron chi connectivity index (χ0n) is 13.9. The molecule has 0 aliphatic carbocycles. The molecule has 0 saturated carbocycles. The molecular weight excluding hydrogens is 364 g/mol. The Morgan fingerprint density at radius 1 is 1.42 bits per heavy atom. The summed E-state index contributed by atoms with van der Waals surface area (Å²) in [6.07, 6.45) is 2.61. The minimum Gasteiger partial charge on any atom is -0.360 e. The van der Waals surface area contributed by atoms with E-state index in [-0.39, 0.29) is 23.1 Å². The lowest BCUT2D eigenvalue weighted by Crippen LogP contribution is -2.33. The smallest absolute Gasteiger partial charge is 0.288 e. The normalized spacial score (nSPS) is 10.7. The van der Waals surface area contributed by atoms with Gasteiger partial charge in [0.1, 0.15) is 10.8 Å². The van der Waals surface area contributed by atoms with Gasteiger partial charge in [-0.2, -0.15) is 0 Å². The van der Waals surface area contributed by atoms with E-state index >= 15 is 0 Å². The standard InChI is InChI=1S/C16H15ClN4O5/c1-10-7-14(19-26-10)18-15(22)9-20(2)16(23)6-4-11-3-5-12(17)13(8-11)21(24)25/h3-8H,9H2,1-2H3,(H,18,19,22)/b6-4+. The minimum atomic E-state index is -0.608. The average molecular weight is 379 g/mol. The van der Waals surface area contributed by atoms with Gasteiger partial charge in [-0.15, -0.1) is 0 Å². The van der Waals surface area contributed by atoms with Gasteiger partial charge in [-0.3, -0.25) is 19.7 Å². The summed E-state index contributed by atoms with van der Waals surface area (Å²) in [5.74, 6) is -0.0825. The molecule has 1 aromatic heterocycles. The molecule has 10 heteroatoms. The Bertz CT molecular complexity index is 877. The number of nitrogens with zero attached hydrogens (tertiary/aromatic N) is 3. The van der Waals surface area contributed by atoms with Gasteiger partial charge in [0.15, 0.2) is 5.82 Å². The molecule has 0 aliphatic rings. The van der Waals surface area contributed by atoms with Gasteiger partial charge in [0.05, 0.1) is 11.5 Å². The third-order valence-corrected chi connectivity index (χ3v) is 3.56. The van der Waals surface area contributed by atoms with E-state index in [0.717, 1.165) is 0 Å². The molecule has 0 fully saturated rings. The first-order chi connectivity index (χ1) is 12.3. The Hall–Kier alpha value is -3.20. The molecule has 1 aromatic carbocycles. The molecule has 0 saturated heterocycles. The number of aromatic nitrogens is 1. The number of aryl methyl sites for hydroxylation is 1. The Kier molecular flexibility index (Phi) is 6.07. The molecular formula is C16H15ClN4O5. The van der Waals surface area contributed by atoms with Crippen molar-refractivity contribution in [2.45, 2.75) is 6.92 Å². The zero-order chi connectivity index (χ0) is 19.3. The predicted octanol–water partition coefficient (Wildman–Crippen LogP) is 2.65. The number of benzene rings is 1. The van der Waals surface area contributed by atoms with Crippen molar-refractivity contribution in [1.29, 1.82) is 0 Å². The summed E-state index contributed by atoms with van der Waals surface area (Å²) >= 11 is 5.73. The molecule has 0 atom stereocenters. The lowest BCUT2D eigenvalue weighted by Gasteiger charge is -2.13. The highest BCUT2D eigenvalue weighted by Crippen LogP contribution is 2.25. The summed E-state index contributed by atoms with van der Waals surface area (Å²) < 4.78 is 4.83. The van der Waals surface area contributed by atoms with Crippen LogP contribution in [0.25, 0.3) is 6.08 Å². The maximum Gasteiger partial charge on any atom is 0.288 e. The Morgan fingerprint density at radius 3 is 2.77 bits per heavy atom. The van der Waals surface area contributed by atoms with E-state index in [0.29, 0.717) is 11.3 Å². The topological polar surface area (TPSA) is 119 Å². The zero-order valence-corrected chi connectivity index (χ0v) is 14.7. The Morgan fingerprint density at radius 2 is 2.15 bits per heavy atom. The summed E-state index contributed by atoms with van der Waals surface area (Å²) in [5.41, 5.74) is 0.183. The van der Waals surface area contributed by atoms with Crippen LogP contribution < -0.4 is 5.32 Å². The number of amides is 2. The molecule has 0 radical (unpaired) electrons. The van der Waals surface area contributed by atoms with Crippen LogP contribution in [-0.2, 0) is 9.59 Å². The van der Waals surface area contributed by atoms with E-state index in [1.807, 2.05) is 0 Å². The molecule has 26 heavy (non-hydrogen) atoms. The summed E-state index contributed by atoms with van der Waals surface area (Å²) in [6.45, 7) is 1.49. The van der Waals surface area contributed by atoms with Gasteiger partial charge >= 0.3 is 0 Å². The SMILES string of the molecule is Cc1cc(NC(=O)CN(C)C(=O)/C=C/c2ccc(Cl)c([N+](=O)[O-])c2)no1. The molecule has 0 aliphatic heterocycles. The van der Waals surface area contributed by atoms with Crippen molar-refractivity contribution in [2.24, 2.45) is 0 Å². The van der Waals surface area contributed by atoms with Gasteiger partial charge in [-0.1, -0.05) is 22.8 Å². The van der Waals surface area contributed by atoms with Crippen LogP contribution in [0.5, 0.6) is 0 Å². The molecule has 0 spiro atoms. The Balaban J connectivity index is 1.95. The summed E-state index contributed by atoms with van der Waals surface area (Å²) in [5, 5.41) is 17.0. The van der Waals surface area contributed by atoms with E-state index < -0.39 is 16.7 Å². The van der Waals surface area contributed by atoms with Gasteiger partial charge in [-0.25, -0.2) is 0 Å². The molecule has 2 rings (SSSR count). The van der Waals surface area contributed by atoms with Crippen molar-refractivity contribution in [2.75, 3.05) is 18.9 Å². The highest BCUT2D eigenvalue weighted by molar-refractivity contribution is 6.32. The number of rotatable bonds is 6. The Labute approximate surface area is 153 Å². The molecule has 1 heterocycles. The van der Waals surface area contributed by atoms with Crippen LogP contribution in [0.15, 0.2) is 34.9 Å². The average Bonchev–Trinajstić information content (AvgIpc) is 2.98. The fourth-order valence-corrected chi connectivity index (χ4v) is 2.16. The summed E-state index contributed by atoms with van der Waals surface area (Å²) in [6, 6.07) is 5.72. The second kappa shape index (κ2) is 8.26. The number of hydrogen-bond acceptors (Lipinski definition) is 6. The number of likely N-dealkylation sites (N-methyl/N-ethyl adjacent to an activating group) is 1. The second-order valence-corrected chi connectivity index (χ2v) is 5.77. The van der Waals surface area contributed by atoms with Crippen LogP contribution in [0, 0.1) is 17.0 Å². The van der Waals surface area contributed by atoms with Gasteiger partial charge in [0.2, 0.25) is 11.8 Å². The van der Waals surface area contributed by atoms with Gasteiger partial charge in [-0.05, 0) is 24.6 Å². The first-order valence-electron chi connectivity index (χ1n) is 7.36. The third kappa shape index (κ3) is 5.15. The minimum absolute atomic E-state index is 0.00959. The molecule has 9 nitrogen and oxygen atoms in total. The predicted molar refractivity (Wildman–Crippen MR) is 94.6 cm³/mol. The van der Waals surface area contributed by atoms with Crippen molar-refractivity contribution in [3.63, 3.8) is 0 Å². The van der Waals surface area contributed by atoms with Crippen LogP contribution in [0.1, 0.15) is 11.3 Å². The monoisotopic (exact) mass is 378 g/mol. The quantitative estimate of drug-likeness (QED) is 0.469. The number of nitro benzene ring substituents is 1. The first-order valence-corrected chi connectivity index (χ1v) is 7.74. The van der Waals surface area contributed by atoms with Crippen molar-refractivity contribution < 1.29 is 19.0 Å². The van der Waals surface area contributed by atoms with E-state index in [4.69, 9.17) is 16.1 Å². The number of halogens is 1. The maximum atomic E-state index is 12.1. The van der Waals surface area contributed by atoms with Crippen molar-refractivity contribution in [1.82, 2.24) is 10.1 Å². The van der Waals surface area contributed by atoms with E-state index in [1.54, 1.807) is 19.1 Å². The van der Waals surface area contributed by atoms with Gasteiger partial charge in [0.25, 0.3) is 5.69 Å². The lowest BCUT2D eigenvalue weighted by atomic mass is 10.2. The van der Waals surface area contributed by atoms with Crippen molar-refractivity contribution >= 4 is 41.0 Å². The van der Waals surface area contributed by atoms with Crippen LogP contribution in [0.4, 0.5) is 11.5 Å². The van der Waals surface area contributed by atoms with Crippen molar-refractivity contribution in [3.8, 4) is 0 Å². The van der Waals surface area contributed by atoms with Crippen LogP contribution in [0.2, 0.25) is 5.02 Å². The molecule has 0 unspecified atom stereocenters. The van der Waals surface area contributed by atoms with Crippen LogP contribution in [-0.4, -0.2) is 40.4 Å². The van der Waals surface area contributed by atoms with E-state index in [2.05, 4.69) is 10.5 Å². The largest absolute Gasteiger partial charge is 0.360 e. The molecule has 1 N–H and O–H groups in total. The molecule has 0 bridgehead atoms. The van der Waals surface area contributed by atoms with Gasteiger partial charge in [0, 0.05) is 25.3 Å². The number of nitrogens with one attached hydrogen (secondary N) is 1. The highest BCUT2D eigenvalue weighted by atomic mass is 35.5. The molecule has 2 aromatic rings. The lowest BCUT2D eigenvalue weighted by molar-refractivity contribution is -0.384. The fourth-order valence-electron chi connectivity index (χ4n) is 1.97. The van der Waals surface area contributed by atoms with Crippen molar-refractivity contribution in [3.05, 3.63) is 56.8 Å². The number of anilines is 1. The fraction of sp³-hybridized carbons (Fsp3) is 0.188. The summed E-state index contributed by atoms with van der Waals surface area (Å²) in [4.78, 5) is 35.4. The number of carbonyl (C=O) groups excluding carboxylic acids is 2. The number of hydrogen-bond donors (Lipinski definition) is 1. The molecule has 2 amide bonds. The summed E-state index contributed by atoms with van der Waals surface area (Å²) in [7, 11) is 1.45.